The number of anilines is 1. The second-order valence-corrected chi connectivity index (χ2v) is 6.73. The van der Waals surface area contributed by atoms with Crippen LogP contribution in [-0.2, 0) is 10.0 Å². The van der Waals surface area contributed by atoms with Gasteiger partial charge in [0, 0.05) is 0 Å². The van der Waals surface area contributed by atoms with Crippen molar-refractivity contribution in [1.82, 2.24) is 0 Å². The molecule has 106 valence electrons. The monoisotopic (exact) mass is 285 g/mol. The van der Waals surface area contributed by atoms with E-state index in [4.69, 9.17) is 5.11 Å². The Hall–Kier alpha value is -1.56. The fourth-order valence-electron chi connectivity index (χ4n) is 1.59. The molecule has 0 saturated heterocycles. The lowest BCUT2D eigenvalue weighted by atomic mass is 10.1. The van der Waals surface area contributed by atoms with E-state index in [1.165, 1.54) is 12.1 Å². The van der Waals surface area contributed by atoms with Crippen molar-refractivity contribution < 1.29 is 18.3 Å². The van der Waals surface area contributed by atoms with Gasteiger partial charge in [-0.3, -0.25) is 4.72 Å². The normalized spacial score (nSPS) is 11.6. The number of sulfonamides is 1. The van der Waals surface area contributed by atoms with E-state index in [0.29, 0.717) is 23.6 Å². The van der Waals surface area contributed by atoms with Crippen molar-refractivity contribution in [1.29, 1.82) is 0 Å². The minimum Gasteiger partial charge on any atom is -0.478 e. The first-order valence-corrected chi connectivity index (χ1v) is 7.71. The molecule has 1 rings (SSSR count). The maximum absolute atomic E-state index is 11.9. The van der Waals surface area contributed by atoms with E-state index in [1.54, 1.807) is 13.0 Å². The smallest absolute Gasteiger partial charge is 0.336 e. The standard InChI is InChI=1S/C13H19NO4S/c1-9(2)7-8-19(17,18)14-12-6-4-5-11(10(12)3)13(15)16/h4-6,9,14H,7-8H2,1-3H3,(H,15,16). The molecule has 2 N–H and O–H groups in total. The van der Waals surface area contributed by atoms with Gasteiger partial charge in [-0.05, 0) is 37.0 Å². The van der Waals surface area contributed by atoms with E-state index in [9.17, 15) is 13.2 Å². The molecule has 0 bridgehead atoms. The molecule has 0 saturated carbocycles. The summed E-state index contributed by atoms with van der Waals surface area (Å²) < 4.78 is 26.2. The fraction of sp³-hybridized carbons (Fsp3) is 0.462. The van der Waals surface area contributed by atoms with Crippen molar-refractivity contribution in [2.75, 3.05) is 10.5 Å². The molecule has 0 amide bonds. The number of carbonyl (C=O) groups is 1. The van der Waals surface area contributed by atoms with Gasteiger partial charge in [-0.2, -0.15) is 0 Å². The Bertz CT molecular complexity index is 564. The van der Waals surface area contributed by atoms with Crippen LogP contribution in [0, 0.1) is 12.8 Å². The summed E-state index contributed by atoms with van der Waals surface area (Å²) in [5.41, 5.74) is 0.843. The van der Waals surface area contributed by atoms with Gasteiger partial charge in [0.2, 0.25) is 10.0 Å². The highest BCUT2D eigenvalue weighted by Gasteiger charge is 2.15. The number of carboxylic acid groups (broad SMARTS) is 1. The molecule has 0 aliphatic heterocycles. The number of rotatable bonds is 6. The summed E-state index contributed by atoms with van der Waals surface area (Å²) in [5, 5.41) is 8.99. The number of aromatic carboxylic acids is 1. The summed E-state index contributed by atoms with van der Waals surface area (Å²) in [5.74, 6) is -0.745. The number of nitrogens with one attached hydrogen (secondary N) is 1. The van der Waals surface area contributed by atoms with Crippen LogP contribution in [0.4, 0.5) is 5.69 Å². The van der Waals surface area contributed by atoms with E-state index in [2.05, 4.69) is 4.72 Å². The Morgan fingerprint density at radius 3 is 2.53 bits per heavy atom. The highest BCUT2D eigenvalue weighted by Crippen LogP contribution is 2.20. The van der Waals surface area contributed by atoms with Gasteiger partial charge in [-0.25, -0.2) is 13.2 Å². The maximum atomic E-state index is 11.9. The lowest BCUT2D eigenvalue weighted by Crippen LogP contribution is -2.19. The molecule has 19 heavy (non-hydrogen) atoms. The number of benzene rings is 1. The van der Waals surface area contributed by atoms with Gasteiger partial charge in [0.25, 0.3) is 0 Å². The first-order chi connectivity index (χ1) is 8.73. The topological polar surface area (TPSA) is 83.5 Å². The Kier molecular flexibility index (Phi) is 4.94. The van der Waals surface area contributed by atoms with Crippen LogP contribution in [0.25, 0.3) is 0 Å². The molecule has 0 unspecified atom stereocenters. The molecular formula is C13H19NO4S. The average molecular weight is 285 g/mol. The predicted octanol–water partition coefficient (Wildman–Crippen LogP) is 2.48. The van der Waals surface area contributed by atoms with Gasteiger partial charge in [-0.1, -0.05) is 19.9 Å². The van der Waals surface area contributed by atoms with Gasteiger partial charge >= 0.3 is 5.97 Å². The molecular weight excluding hydrogens is 266 g/mol. The average Bonchev–Trinajstić information content (AvgIpc) is 2.29. The van der Waals surface area contributed by atoms with Gasteiger partial charge in [0.15, 0.2) is 0 Å². The summed E-state index contributed by atoms with van der Waals surface area (Å²) >= 11 is 0. The van der Waals surface area contributed by atoms with Gasteiger partial charge in [0.1, 0.15) is 0 Å². The Morgan fingerprint density at radius 2 is 2.00 bits per heavy atom. The Balaban J connectivity index is 2.94. The van der Waals surface area contributed by atoms with Crippen molar-refractivity contribution in [2.45, 2.75) is 27.2 Å². The largest absolute Gasteiger partial charge is 0.478 e. The molecule has 0 fully saturated rings. The van der Waals surface area contributed by atoms with Crippen molar-refractivity contribution in [3.8, 4) is 0 Å². The second-order valence-electron chi connectivity index (χ2n) is 4.89. The molecule has 5 nitrogen and oxygen atoms in total. The Morgan fingerprint density at radius 1 is 1.37 bits per heavy atom. The van der Waals surface area contributed by atoms with Crippen molar-refractivity contribution in [2.24, 2.45) is 5.92 Å². The van der Waals surface area contributed by atoms with Crippen LogP contribution in [-0.4, -0.2) is 25.2 Å². The summed E-state index contributed by atoms with van der Waals surface area (Å²) in [6, 6.07) is 4.54. The molecule has 1 aromatic carbocycles. The second kappa shape index (κ2) is 6.06. The van der Waals surface area contributed by atoms with Crippen LogP contribution in [0.3, 0.4) is 0 Å². The first-order valence-electron chi connectivity index (χ1n) is 6.06. The third-order valence-electron chi connectivity index (χ3n) is 2.79. The summed E-state index contributed by atoms with van der Waals surface area (Å²) in [7, 11) is -3.44. The van der Waals surface area contributed by atoms with Crippen LogP contribution in [0.1, 0.15) is 36.2 Å². The van der Waals surface area contributed by atoms with Crippen molar-refractivity contribution >= 4 is 21.7 Å². The highest BCUT2D eigenvalue weighted by molar-refractivity contribution is 7.92. The molecule has 0 atom stereocenters. The minimum atomic E-state index is -3.44. The molecule has 1 aromatic rings. The van der Waals surface area contributed by atoms with E-state index in [1.807, 2.05) is 13.8 Å². The van der Waals surface area contributed by atoms with Gasteiger partial charge < -0.3 is 5.11 Å². The molecule has 0 aromatic heterocycles. The lowest BCUT2D eigenvalue weighted by Gasteiger charge is -2.12. The molecule has 0 heterocycles. The van der Waals surface area contributed by atoms with Crippen LogP contribution >= 0.6 is 0 Å². The van der Waals surface area contributed by atoms with Crippen LogP contribution < -0.4 is 4.72 Å². The van der Waals surface area contributed by atoms with Gasteiger partial charge in [-0.15, -0.1) is 0 Å². The van der Waals surface area contributed by atoms with Crippen LogP contribution in [0.15, 0.2) is 18.2 Å². The number of carboxylic acids is 1. The zero-order valence-electron chi connectivity index (χ0n) is 11.3. The maximum Gasteiger partial charge on any atom is 0.336 e. The highest BCUT2D eigenvalue weighted by atomic mass is 32.2. The molecule has 0 spiro atoms. The minimum absolute atomic E-state index is 0.0292. The van der Waals surface area contributed by atoms with E-state index >= 15 is 0 Å². The van der Waals surface area contributed by atoms with Gasteiger partial charge in [0.05, 0.1) is 17.0 Å². The SMILES string of the molecule is Cc1c(NS(=O)(=O)CCC(C)C)cccc1C(=O)O. The molecule has 0 aliphatic carbocycles. The third kappa shape index (κ3) is 4.55. The van der Waals surface area contributed by atoms with E-state index in [-0.39, 0.29) is 11.3 Å². The number of hydrogen-bond donors (Lipinski definition) is 2. The Labute approximate surface area is 113 Å². The third-order valence-corrected chi connectivity index (χ3v) is 4.10. The zero-order chi connectivity index (χ0) is 14.6. The molecule has 6 heteroatoms. The predicted molar refractivity (Wildman–Crippen MR) is 75.0 cm³/mol. The van der Waals surface area contributed by atoms with Crippen LogP contribution in [0.5, 0.6) is 0 Å². The van der Waals surface area contributed by atoms with Crippen molar-refractivity contribution in [3.63, 3.8) is 0 Å². The summed E-state index contributed by atoms with van der Waals surface area (Å²) in [4.78, 5) is 11.0. The quantitative estimate of drug-likeness (QED) is 0.841. The molecule has 0 radical (unpaired) electrons. The summed E-state index contributed by atoms with van der Waals surface area (Å²) in [6.45, 7) is 5.49. The number of hydrogen-bond acceptors (Lipinski definition) is 3. The molecule has 0 aliphatic rings. The van der Waals surface area contributed by atoms with E-state index < -0.39 is 16.0 Å². The lowest BCUT2D eigenvalue weighted by molar-refractivity contribution is 0.0696. The van der Waals surface area contributed by atoms with E-state index in [0.717, 1.165) is 0 Å². The van der Waals surface area contributed by atoms with Crippen molar-refractivity contribution in [3.05, 3.63) is 29.3 Å². The zero-order valence-corrected chi connectivity index (χ0v) is 12.1. The van der Waals surface area contributed by atoms with Crippen LogP contribution in [0.2, 0.25) is 0 Å². The summed E-state index contributed by atoms with van der Waals surface area (Å²) in [6.07, 6.45) is 0.563. The fourth-order valence-corrected chi connectivity index (χ4v) is 3.03. The first kappa shape index (κ1) is 15.5.